The Morgan fingerprint density at radius 2 is 2.07 bits per heavy atom. The maximum Gasteiger partial charge on any atom is 0.253 e. The van der Waals surface area contributed by atoms with Crippen molar-refractivity contribution in [1.82, 2.24) is 15.5 Å². The van der Waals surface area contributed by atoms with Crippen molar-refractivity contribution in [2.45, 2.75) is 32.7 Å². The van der Waals surface area contributed by atoms with Crippen LogP contribution in [0.4, 0.5) is 4.39 Å². The van der Waals surface area contributed by atoms with Crippen LogP contribution in [0.25, 0.3) is 11.3 Å². The number of amides is 1. The molecule has 1 fully saturated rings. The zero-order valence-corrected chi connectivity index (χ0v) is 15.9. The van der Waals surface area contributed by atoms with Crippen molar-refractivity contribution in [2.24, 2.45) is 11.3 Å². The third kappa shape index (κ3) is 3.54. The number of carbonyl (C=O) groups excluding carboxylic acids is 1. The van der Waals surface area contributed by atoms with E-state index in [4.69, 9.17) is 4.52 Å². The van der Waals surface area contributed by atoms with E-state index in [1.165, 1.54) is 12.1 Å². The monoisotopic (exact) mass is 379 g/mol. The van der Waals surface area contributed by atoms with Crippen LogP contribution in [0, 0.1) is 17.2 Å². The molecule has 1 aromatic carbocycles. The van der Waals surface area contributed by atoms with Crippen molar-refractivity contribution in [2.75, 3.05) is 0 Å². The number of halogens is 1. The summed E-state index contributed by atoms with van der Waals surface area (Å²) in [7, 11) is 0. The Hall–Kier alpha value is -3.02. The minimum absolute atomic E-state index is 0.0488. The van der Waals surface area contributed by atoms with Crippen LogP contribution in [0.2, 0.25) is 0 Å². The topological polar surface area (TPSA) is 68.0 Å². The van der Waals surface area contributed by atoms with E-state index in [2.05, 4.69) is 29.3 Å². The maximum atomic E-state index is 13.1. The summed E-state index contributed by atoms with van der Waals surface area (Å²) in [5.74, 6) is 0.648. The van der Waals surface area contributed by atoms with Crippen LogP contribution in [0.1, 0.15) is 36.3 Å². The summed E-state index contributed by atoms with van der Waals surface area (Å²) in [5, 5.41) is 7.29. The molecular weight excluding hydrogens is 357 g/mol. The van der Waals surface area contributed by atoms with E-state index in [0.717, 1.165) is 24.1 Å². The number of pyridine rings is 1. The van der Waals surface area contributed by atoms with Crippen LogP contribution in [-0.4, -0.2) is 22.1 Å². The molecule has 6 heteroatoms. The van der Waals surface area contributed by atoms with Gasteiger partial charge in [0.25, 0.3) is 5.91 Å². The lowest BCUT2D eigenvalue weighted by atomic mass is 9.57. The molecule has 0 bridgehead atoms. The number of benzene rings is 1. The molecule has 5 nitrogen and oxygen atoms in total. The van der Waals surface area contributed by atoms with E-state index < -0.39 is 0 Å². The van der Waals surface area contributed by atoms with Gasteiger partial charge in [-0.25, -0.2) is 4.39 Å². The Balaban J connectivity index is 1.38. The molecular formula is C22H22FN3O2. The van der Waals surface area contributed by atoms with Gasteiger partial charge in [0.2, 0.25) is 0 Å². The average molecular weight is 379 g/mol. The van der Waals surface area contributed by atoms with Crippen LogP contribution in [0.5, 0.6) is 0 Å². The van der Waals surface area contributed by atoms with Crippen molar-refractivity contribution in [3.63, 3.8) is 0 Å². The van der Waals surface area contributed by atoms with Crippen LogP contribution in [0.15, 0.2) is 59.4 Å². The van der Waals surface area contributed by atoms with E-state index >= 15 is 0 Å². The number of aromatic nitrogens is 2. The van der Waals surface area contributed by atoms with Crippen molar-refractivity contribution >= 4 is 5.91 Å². The number of carbonyl (C=O) groups is 1. The first kappa shape index (κ1) is 18.3. The summed E-state index contributed by atoms with van der Waals surface area (Å²) in [5.41, 5.74) is 2.19. The van der Waals surface area contributed by atoms with Crippen molar-refractivity contribution in [1.29, 1.82) is 0 Å². The molecule has 3 aromatic rings. The molecule has 28 heavy (non-hydrogen) atoms. The van der Waals surface area contributed by atoms with Gasteiger partial charge in [0, 0.05) is 30.1 Å². The fourth-order valence-corrected chi connectivity index (χ4v) is 3.76. The van der Waals surface area contributed by atoms with Crippen molar-refractivity contribution in [3.05, 3.63) is 71.9 Å². The molecule has 2 atom stereocenters. The largest absolute Gasteiger partial charge is 0.356 e. The summed E-state index contributed by atoms with van der Waals surface area (Å²) in [6.07, 6.45) is 4.89. The number of nitrogens with one attached hydrogen (secondary N) is 1. The predicted octanol–water partition coefficient (Wildman–Crippen LogP) is 4.26. The summed E-state index contributed by atoms with van der Waals surface area (Å²) in [6.45, 7) is 4.33. The molecule has 0 aliphatic heterocycles. The summed E-state index contributed by atoms with van der Waals surface area (Å²) < 4.78 is 18.5. The average Bonchev–Trinajstić information content (AvgIpc) is 3.17. The van der Waals surface area contributed by atoms with E-state index in [1.54, 1.807) is 36.7 Å². The van der Waals surface area contributed by atoms with Gasteiger partial charge in [0.15, 0.2) is 5.76 Å². The highest BCUT2D eigenvalue weighted by Gasteiger charge is 2.48. The van der Waals surface area contributed by atoms with E-state index in [-0.39, 0.29) is 23.2 Å². The summed E-state index contributed by atoms with van der Waals surface area (Å²) in [6, 6.07) is 11.7. The Bertz CT molecular complexity index is 967. The quantitative estimate of drug-likeness (QED) is 0.719. The van der Waals surface area contributed by atoms with E-state index in [1.807, 2.05) is 6.07 Å². The zero-order valence-electron chi connectivity index (χ0n) is 15.9. The molecule has 1 N–H and O–H groups in total. The van der Waals surface area contributed by atoms with Gasteiger partial charge in [0.05, 0.1) is 11.3 Å². The molecule has 144 valence electrons. The predicted molar refractivity (Wildman–Crippen MR) is 103 cm³/mol. The molecule has 4 rings (SSSR count). The fraction of sp³-hybridized carbons (Fsp3) is 0.318. The van der Waals surface area contributed by atoms with Crippen LogP contribution >= 0.6 is 0 Å². The smallest absolute Gasteiger partial charge is 0.253 e. The van der Waals surface area contributed by atoms with Gasteiger partial charge in [-0.15, -0.1) is 0 Å². The van der Waals surface area contributed by atoms with Crippen LogP contribution in [0.3, 0.4) is 0 Å². The molecule has 1 saturated carbocycles. The lowest BCUT2D eigenvalue weighted by Crippen LogP contribution is -2.58. The van der Waals surface area contributed by atoms with Gasteiger partial charge in [-0.05, 0) is 60.6 Å². The maximum absolute atomic E-state index is 13.1. The van der Waals surface area contributed by atoms with Gasteiger partial charge in [-0.1, -0.05) is 19.0 Å². The molecule has 2 aromatic heterocycles. The van der Waals surface area contributed by atoms with Gasteiger partial charge in [0.1, 0.15) is 5.82 Å². The second-order valence-corrected chi connectivity index (χ2v) is 7.92. The van der Waals surface area contributed by atoms with Crippen molar-refractivity contribution < 1.29 is 13.7 Å². The molecule has 0 radical (unpaired) electrons. The third-order valence-corrected chi connectivity index (χ3v) is 5.84. The lowest BCUT2D eigenvalue weighted by molar-refractivity contribution is 0.0138. The number of hydrogen-bond acceptors (Lipinski definition) is 4. The van der Waals surface area contributed by atoms with Crippen LogP contribution in [-0.2, 0) is 6.42 Å². The summed E-state index contributed by atoms with van der Waals surface area (Å²) in [4.78, 5) is 16.4. The van der Waals surface area contributed by atoms with Crippen LogP contribution < -0.4 is 5.32 Å². The number of nitrogens with zero attached hydrogens (tertiary/aromatic N) is 2. The number of hydrogen-bond donors (Lipinski definition) is 1. The molecule has 0 saturated heterocycles. The normalized spacial score (nSPS) is 20.4. The highest BCUT2D eigenvalue weighted by Crippen LogP contribution is 2.48. The molecule has 0 spiro atoms. The standard InChI is InChI=1S/C22H22FN3O2/c1-22(2)16(11-20(22)25-21(27)15-4-3-9-24-13-15)10-18-12-19(28-26-18)14-5-7-17(23)8-6-14/h3-9,12-13,16,20H,10-11H2,1-2H3,(H,25,27). The van der Waals surface area contributed by atoms with Gasteiger partial charge in [-0.2, -0.15) is 0 Å². The molecule has 1 aliphatic rings. The van der Waals surface area contributed by atoms with Gasteiger partial charge in [-0.3, -0.25) is 9.78 Å². The fourth-order valence-electron chi connectivity index (χ4n) is 3.76. The zero-order chi connectivity index (χ0) is 19.7. The third-order valence-electron chi connectivity index (χ3n) is 5.84. The molecule has 2 heterocycles. The van der Waals surface area contributed by atoms with Gasteiger partial charge >= 0.3 is 0 Å². The second-order valence-electron chi connectivity index (χ2n) is 7.92. The first-order chi connectivity index (χ1) is 13.4. The highest BCUT2D eigenvalue weighted by atomic mass is 19.1. The number of rotatable bonds is 5. The Morgan fingerprint density at radius 1 is 1.29 bits per heavy atom. The Kier molecular flexibility index (Phi) is 4.71. The molecule has 1 amide bonds. The van der Waals surface area contributed by atoms with Gasteiger partial charge < -0.3 is 9.84 Å². The lowest BCUT2D eigenvalue weighted by Gasteiger charge is -2.52. The Labute approximate surface area is 163 Å². The first-order valence-electron chi connectivity index (χ1n) is 9.36. The Morgan fingerprint density at radius 3 is 2.75 bits per heavy atom. The molecule has 2 unspecified atom stereocenters. The van der Waals surface area contributed by atoms with E-state index in [9.17, 15) is 9.18 Å². The SMILES string of the molecule is CC1(C)C(Cc2cc(-c3ccc(F)cc3)on2)CC1NC(=O)c1cccnc1. The summed E-state index contributed by atoms with van der Waals surface area (Å²) >= 11 is 0. The first-order valence-corrected chi connectivity index (χ1v) is 9.36. The second kappa shape index (κ2) is 7.19. The van der Waals surface area contributed by atoms with Crippen molar-refractivity contribution in [3.8, 4) is 11.3 Å². The minimum atomic E-state index is -0.279. The van der Waals surface area contributed by atoms with E-state index in [0.29, 0.717) is 17.2 Å². The molecule has 1 aliphatic carbocycles. The highest BCUT2D eigenvalue weighted by molar-refractivity contribution is 5.94. The minimum Gasteiger partial charge on any atom is -0.356 e.